The Hall–Kier alpha value is -4.14. The highest BCUT2D eigenvalue weighted by molar-refractivity contribution is 5.98. The summed E-state index contributed by atoms with van der Waals surface area (Å²) in [5, 5.41) is 17.9. The van der Waals surface area contributed by atoms with Gasteiger partial charge in [0.05, 0.1) is 43.5 Å². The zero-order valence-corrected chi connectivity index (χ0v) is 23.4. The van der Waals surface area contributed by atoms with E-state index in [9.17, 15) is 9.90 Å². The van der Waals surface area contributed by atoms with Crippen LogP contribution in [0.25, 0.3) is 10.9 Å². The predicted molar refractivity (Wildman–Crippen MR) is 159 cm³/mol. The van der Waals surface area contributed by atoms with Gasteiger partial charge in [-0.15, -0.1) is 0 Å². The van der Waals surface area contributed by atoms with Crippen LogP contribution in [0.15, 0.2) is 66.9 Å². The summed E-state index contributed by atoms with van der Waals surface area (Å²) < 4.78 is 11.7. The number of anilines is 2. The monoisotopic (exact) mass is 542 g/mol. The van der Waals surface area contributed by atoms with E-state index in [-0.39, 0.29) is 19.1 Å². The third-order valence-electron chi connectivity index (χ3n) is 6.79. The van der Waals surface area contributed by atoms with Crippen molar-refractivity contribution >= 4 is 28.2 Å². The summed E-state index contributed by atoms with van der Waals surface area (Å²) in [4.78, 5) is 16.6. The normalized spacial score (nSPS) is 11.8. The van der Waals surface area contributed by atoms with Crippen molar-refractivity contribution < 1.29 is 19.4 Å². The van der Waals surface area contributed by atoms with Crippen molar-refractivity contribution in [3.63, 3.8) is 0 Å². The number of nitrogens with two attached hydrogens (primary N) is 1. The van der Waals surface area contributed by atoms with Crippen LogP contribution in [0.5, 0.6) is 11.5 Å². The average molecular weight is 543 g/mol. The highest BCUT2D eigenvalue weighted by Crippen LogP contribution is 2.38. The molecule has 8 nitrogen and oxygen atoms in total. The van der Waals surface area contributed by atoms with Crippen molar-refractivity contribution in [1.29, 1.82) is 0 Å². The maximum Gasteiger partial charge on any atom is 0.221 e. The molecule has 0 spiro atoms. The van der Waals surface area contributed by atoms with E-state index < -0.39 is 5.91 Å². The van der Waals surface area contributed by atoms with Gasteiger partial charge in [0.25, 0.3) is 0 Å². The number of primary amides is 1. The number of aromatic nitrogens is 1. The van der Waals surface area contributed by atoms with E-state index in [1.807, 2.05) is 68.4 Å². The van der Waals surface area contributed by atoms with E-state index in [1.54, 1.807) is 6.20 Å². The average Bonchev–Trinajstić information content (AvgIpc) is 2.96. The van der Waals surface area contributed by atoms with Crippen molar-refractivity contribution in [2.75, 3.05) is 25.1 Å². The summed E-state index contributed by atoms with van der Waals surface area (Å²) in [6.07, 6.45) is 2.51. The molecular weight excluding hydrogens is 504 g/mol. The summed E-state index contributed by atoms with van der Waals surface area (Å²) in [5.41, 5.74) is 12.0. The van der Waals surface area contributed by atoms with Gasteiger partial charge in [0.1, 0.15) is 0 Å². The number of carbonyl (C=O) groups is 1. The molecule has 40 heavy (non-hydrogen) atoms. The second-order valence-electron chi connectivity index (χ2n) is 9.43. The highest BCUT2D eigenvalue weighted by Gasteiger charge is 2.18. The van der Waals surface area contributed by atoms with Crippen LogP contribution in [0.2, 0.25) is 0 Å². The van der Waals surface area contributed by atoms with Crippen LogP contribution in [0.4, 0.5) is 11.4 Å². The molecule has 0 fully saturated rings. The van der Waals surface area contributed by atoms with E-state index in [0.29, 0.717) is 42.3 Å². The second kappa shape index (κ2) is 13.8. The number of hydrogen-bond acceptors (Lipinski definition) is 7. The van der Waals surface area contributed by atoms with Gasteiger partial charge in [0.15, 0.2) is 11.5 Å². The van der Waals surface area contributed by atoms with Gasteiger partial charge in [-0.3, -0.25) is 9.78 Å². The van der Waals surface area contributed by atoms with Crippen LogP contribution >= 0.6 is 0 Å². The number of benzene rings is 3. The Morgan fingerprint density at radius 1 is 0.975 bits per heavy atom. The number of aliphatic hydroxyl groups excluding tert-OH is 1. The number of aliphatic hydroxyl groups is 1. The van der Waals surface area contributed by atoms with E-state index in [4.69, 9.17) is 15.2 Å². The quantitative estimate of drug-likeness (QED) is 0.173. The molecule has 4 aromatic rings. The van der Waals surface area contributed by atoms with E-state index in [2.05, 4.69) is 28.6 Å². The van der Waals surface area contributed by atoms with Crippen molar-refractivity contribution in [3.8, 4) is 11.5 Å². The van der Waals surface area contributed by atoms with Crippen LogP contribution in [-0.2, 0) is 24.2 Å². The first-order valence-corrected chi connectivity index (χ1v) is 13.7. The number of carbonyl (C=O) groups excluding carboxylic acids is 1. The number of pyridine rings is 1. The molecule has 0 aliphatic rings. The maximum absolute atomic E-state index is 12.0. The largest absolute Gasteiger partial charge is 0.490 e. The van der Waals surface area contributed by atoms with Gasteiger partial charge in [-0.25, -0.2) is 0 Å². The van der Waals surface area contributed by atoms with Crippen molar-refractivity contribution in [2.45, 2.75) is 46.2 Å². The molecule has 4 rings (SSSR count). The Morgan fingerprint density at radius 2 is 1.70 bits per heavy atom. The van der Waals surface area contributed by atoms with Crippen molar-refractivity contribution in [3.05, 3.63) is 89.1 Å². The third-order valence-corrected chi connectivity index (χ3v) is 6.79. The van der Waals surface area contributed by atoms with E-state index >= 15 is 0 Å². The molecule has 3 aromatic carbocycles. The molecule has 8 heteroatoms. The van der Waals surface area contributed by atoms with Gasteiger partial charge < -0.3 is 30.9 Å². The van der Waals surface area contributed by atoms with Crippen LogP contribution in [0, 0.1) is 0 Å². The molecule has 0 bridgehead atoms. The van der Waals surface area contributed by atoms with Crippen LogP contribution in [0.1, 0.15) is 49.1 Å². The molecule has 0 aliphatic heterocycles. The van der Waals surface area contributed by atoms with Crippen molar-refractivity contribution in [1.82, 2.24) is 10.3 Å². The van der Waals surface area contributed by atoms with Crippen LogP contribution in [0.3, 0.4) is 0 Å². The number of fused-ring (bicyclic) bond motifs is 1. The zero-order valence-electron chi connectivity index (χ0n) is 23.4. The maximum atomic E-state index is 12.0. The van der Waals surface area contributed by atoms with E-state index in [1.165, 1.54) is 0 Å². The lowest BCUT2D eigenvalue weighted by molar-refractivity contribution is -0.117. The first kappa shape index (κ1) is 28.9. The third kappa shape index (κ3) is 6.70. The van der Waals surface area contributed by atoms with E-state index in [0.717, 1.165) is 39.9 Å². The summed E-state index contributed by atoms with van der Waals surface area (Å²) in [5.74, 6) is 0.796. The molecule has 1 amide bonds. The Kier molecular flexibility index (Phi) is 9.94. The minimum atomic E-state index is -0.440. The summed E-state index contributed by atoms with van der Waals surface area (Å²) >= 11 is 0. The molecule has 0 saturated heterocycles. The Morgan fingerprint density at radius 3 is 2.35 bits per heavy atom. The molecule has 1 aromatic heterocycles. The number of nitrogens with zero attached hydrogens (tertiary/aromatic N) is 1. The molecule has 0 saturated carbocycles. The van der Waals surface area contributed by atoms with Gasteiger partial charge in [0, 0.05) is 35.4 Å². The van der Waals surface area contributed by atoms with Gasteiger partial charge in [-0.1, -0.05) is 49.4 Å². The Labute approximate surface area is 235 Å². The van der Waals surface area contributed by atoms with Crippen LogP contribution < -0.4 is 25.8 Å². The molecule has 1 atom stereocenters. The van der Waals surface area contributed by atoms with Gasteiger partial charge in [0.2, 0.25) is 5.91 Å². The predicted octanol–water partition coefficient (Wildman–Crippen LogP) is 5.19. The number of rotatable bonds is 14. The molecule has 5 N–H and O–H groups in total. The molecular formula is C32H38N4O4. The zero-order chi connectivity index (χ0) is 28.5. The highest BCUT2D eigenvalue weighted by atomic mass is 16.5. The number of amides is 1. The molecule has 0 unspecified atom stereocenters. The first-order valence-electron chi connectivity index (χ1n) is 13.7. The fourth-order valence-corrected chi connectivity index (χ4v) is 4.92. The van der Waals surface area contributed by atoms with Crippen LogP contribution in [-0.4, -0.2) is 35.8 Å². The summed E-state index contributed by atoms with van der Waals surface area (Å²) in [6.45, 7) is 7.51. The first-order chi connectivity index (χ1) is 19.5. The number of ether oxygens (including phenoxy) is 2. The molecule has 0 radical (unpaired) electrons. The van der Waals surface area contributed by atoms with Gasteiger partial charge in [-0.05, 0) is 49.1 Å². The smallest absolute Gasteiger partial charge is 0.221 e. The minimum absolute atomic E-state index is 0.00517. The lowest BCUT2D eigenvalue weighted by Crippen LogP contribution is -2.24. The SMILES string of the molecule is CCOc1cc2ncc(CC(N)=O)c(Nc3cccc(CN[C@H](CO)c4ccccc4)c3CC)c2cc1OCC. The lowest BCUT2D eigenvalue weighted by Gasteiger charge is -2.21. The topological polar surface area (TPSA) is 119 Å². The van der Waals surface area contributed by atoms with Crippen molar-refractivity contribution in [2.24, 2.45) is 5.73 Å². The summed E-state index contributed by atoms with van der Waals surface area (Å²) in [7, 11) is 0. The molecule has 210 valence electrons. The second-order valence-corrected chi connectivity index (χ2v) is 9.43. The Bertz CT molecular complexity index is 1440. The standard InChI is InChI=1S/C32H38N4O4/c1-4-24-22(18-35-28(20-37)21-11-8-7-9-12-21)13-10-14-26(24)36-32-23(15-31(33)38)19-34-27-17-30(40-6-3)29(39-5-2)16-25(27)32/h7-14,16-17,19,28,35,37H,4-6,15,18,20H2,1-3H3,(H2,33,38)(H,34,36)/t28-/m1/s1. The number of hydrogen-bond donors (Lipinski definition) is 4. The van der Waals surface area contributed by atoms with Gasteiger partial charge in [-0.2, -0.15) is 0 Å². The fraction of sp³-hybridized carbons (Fsp3) is 0.312. The molecule has 1 heterocycles. The lowest BCUT2D eigenvalue weighted by atomic mass is 10.00. The molecule has 0 aliphatic carbocycles. The number of nitrogens with one attached hydrogen (secondary N) is 2. The minimum Gasteiger partial charge on any atom is -0.490 e. The summed E-state index contributed by atoms with van der Waals surface area (Å²) in [6, 6.07) is 19.6. The fourth-order valence-electron chi connectivity index (χ4n) is 4.92. The van der Waals surface area contributed by atoms with Gasteiger partial charge >= 0.3 is 0 Å². The Balaban J connectivity index is 1.74.